The van der Waals surface area contributed by atoms with E-state index in [-0.39, 0.29) is 17.3 Å². The molecule has 1 atom stereocenters. The second kappa shape index (κ2) is 8.06. The van der Waals surface area contributed by atoms with Crippen molar-refractivity contribution in [2.75, 3.05) is 40.4 Å². The Labute approximate surface area is 170 Å². The molecule has 7 heteroatoms. The van der Waals surface area contributed by atoms with Crippen molar-refractivity contribution < 1.29 is 24.2 Å². The standard InChI is InChI=1S/C22H28N2O5/c1-28-15-7-8-17(29-2)16(13-15)19-18(20(25)14-5-6-14)21(26)22(27)24(19)12-11-23-9-3-4-10-23/h7-8,13-14,19,26H,3-6,9-12H2,1-2H3. The van der Waals surface area contributed by atoms with E-state index in [1.807, 2.05) is 0 Å². The van der Waals surface area contributed by atoms with Gasteiger partial charge in [-0.1, -0.05) is 0 Å². The van der Waals surface area contributed by atoms with Gasteiger partial charge in [0.15, 0.2) is 11.5 Å². The number of carbonyl (C=O) groups is 2. The van der Waals surface area contributed by atoms with Gasteiger partial charge in [0.25, 0.3) is 5.91 Å². The number of nitrogens with zero attached hydrogens (tertiary/aromatic N) is 2. The summed E-state index contributed by atoms with van der Waals surface area (Å²) in [5.74, 6) is 0.0381. The molecule has 2 heterocycles. The van der Waals surface area contributed by atoms with Crippen LogP contribution >= 0.6 is 0 Å². The molecule has 2 aliphatic heterocycles. The minimum Gasteiger partial charge on any atom is -0.503 e. The SMILES string of the molecule is COc1ccc(OC)c(C2C(C(=O)C3CC3)=C(O)C(=O)N2CCN2CCCC2)c1. The average molecular weight is 400 g/mol. The highest BCUT2D eigenvalue weighted by Crippen LogP contribution is 2.46. The van der Waals surface area contributed by atoms with Gasteiger partial charge in [-0.05, 0) is 57.0 Å². The zero-order valence-electron chi connectivity index (χ0n) is 17.0. The van der Waals surface area contributed by atoms with Crippen LogP contribution in [0.5, 0.6) is 11.5 Å². The summed E-state index contributed by atoms with van der Waals surface area (Å²) >= 11 is 0. The Morgan fingerprint density at radius 2 is 1.86 bits per heavy atom. The molecular weight excluding hydrogens is 372 g/mol. The average Bonchev–Trinajstić information content (AvgIpc) is 3.41. The van der Waals surface area contributed by atoms with Crippen LogP contribution in [0.4, 0.5) is 0 Å². The van der Waals surface area contributed by atoms with Crippen molar-refractivity contribution in [2.45, 2.75) is 31.7 Å². The highest BCUT2D eigenvalue weighted by Gasteiger charge is 2.47. The molecule has 1 aliphatic carbocycles. The van der Waals surface area contributed by atoms with Gasteiger partial charge in [-0.3, -0.25) is 9.59 Å². The number of likely N-dealkylation sites (tertiary alicyclic amines) is 1. The fraction of sp³-hybridized carbons (Fsp3) is 0.545. The van der Waals surface area contributed by atoms with E-state index in [0.717, 1.165) is 38.8 Å². The molecule has 0 spiro atoms. The Bertz CT molecular complexity index is 840. The third-order valence-electron chi connectivity index (χ3n) is 6.10. The summed E-state index contributed by atoms with van der Waals surface area (Å²) in [5.41, 5.74) is 0.861. The lowest BCUT2D eigenvalue weighted by Crippen LogP contribution is -2.38. The molecule has 3 aliphatic rings. The van der Waals surface area contributed by atoms with Crippen molar-refractivity contribution in [1.82, 2.24) is 9.80 Å². The summed E-state index contributed by atoms with van der Waals surface area (Å²) < 4.78 is 10.9. The number of Topliss-reactive ketones (excluding diaryl/α,β-unsaturated/α-hetero) is 1. The first-order valence-electron chi connectivity index (χ1n) is 10.3. The van der Waals surface area contributed by atoms with Crippen molar-refractivity contribution in [3.05, 3.63) is 35.1 Å². The van der Waals surface area contributed by atoms with E-state index < -0.39 is 17.7 Å². The predicted molar refractivity (Wildman–Crippen MR) is 107 cm³/mol. The molecule has 4 rings (SSSR count). The molecule has 2 fully saturated rings. The lowest BCUT2D eigenvalue weighted by Gasteiger charge is -2.29. The minimum absolute atomic E-state index is 0.0995. The molecule has 156 valence electrons. The quantitative estimate of drug-likeness (QED) is 0.722. The Morgan fingerprint density at radius 3 is 2.48 bits per heavy atom. The van der Waals surface area contributed by atoms with Crippen LogP contribution in [-0.4, -0.2) is 67.0 Å². The van der Waals surface area contributed by atoms with Crippen molar-refractivity contribution in [3.63, 3.8) is 0 Å². The third-order valence-corrected chi connectivity index (χ3v) is 6.10. The molecule has 1 aromatic rings. The number of benzene rings is 1. The van der Waals surface area contributed by atoms with Gasteiger partial charge in [0.1, 0.15) is 11.5 Å². The van der Waals surface area contributed by atoms with Crippen LogP contribution in [0.3, 0.4) is 0 Å². The molecule has 0 radical (unpaired) electrons. The van der Waals surface area contributed by atoms with Crippen molar-refractivity contribution >= 4 is 11.7 Å². The molecule has 1 saturated carbocycles. The molecule has 0 bridgehead atoms. The number of amides is 1. The van der Waals surface area contributed by atoms with Gasteiger partial charge in [-0.2, -0.15) is 0 Å². The molecule has 1 aromatic carbocycles. The number of hydrogen-bond donors (Lipinski definition) is 1. The van der Waals surface area contributed by atoms with E-state index in [2.05, 4.69) is 4.90 Å². The fourth-order valence-corrected chi connectivity index (χ4v) is 4.33. The number of aliphatic hydroxyl groups is 1. The van der Waals surface area contributed by atoms with Gasteiger partial charge < -0.3 is 24.4 Å². The van der Waals surface area contributed by atoms with Gasteiger partial charge in [-0.15, -0.1) is 0 Å². The van der Waals surface area contributed by atoms with Crippen LogP contribution in [0, 0.1) is 5.92 Å². The van der Waals surface area contributed by atoms with Crippen molar-refractivity contribution in [2.24, 2.45) is 5.92 Å². The summed E-state index contributed by atoms with van der Waals surface area (Å²) in [7, 11) is 3.13. The van der Waals surface area contributed by atoms with E-state index in [1.54, 1.807) is 37.3 Å². The molecule has 1 unspecified atom stereocenters. The largest absolute Gasteiger partial charge is 0.503 e. The summed E-state index contributed by atoms with van der Waals surface area (Å²) in [6.07, 6.45) is 3.94. The number of hydrogen-bond acceptors (Lipinski definition) is 6. The minimum atomic E-state index is -0.664. The first-order valence-corrected chi connectivity index (χ1v) is 10.3. The molecule has 1 amide bonds. The number of methoxy groups -OCH3 is 2. The van der Waals surface area contributed by atoms with Crippen LogP contribution in [-0.2, 0) is 9.59 Å². The maximum atomic E-state index is 13.0. The third kappa shape index (κ3) is 3.71. The van der Waals surface area contributed by atoms with Crippen LogP contribution in [0.15, 0.2) is 29.5 Å². The first-order chi connectivity index (χ1) is 14.0. The summed E-state index contributed by atoms with van der Waals surface area (Å²) in [5, 5.41) is 10.7. The Kier molecular flexibility index (Phi) is 5.50. The Balaban J connectivity index is 1.73. The molecular formula is C22H28N2O5. The maximum Gasteiger partial charge on any atom is 0.290 e. The topological polar surface area (TPSA) is 79.3 Å². The van der Waals surface area contributed by atoms with Crippen molar-refractivity contribution in [1.29, 1.82) is 0 Å². The normalized spacial score (nSPS) is 22.5. The molecule has 7 nitrogen and oxygen atoms in total. The van der Waals surface area contributed by atoms with E-state index in [9.17, 15) is 14.7 Å². The summed E-state index contributed by atoms with van der Waals surface area (Å²) in [6.45, 7) is 3.19. The first kappa shape index (κ1) is 19.8. The van der Waals surface area contributed by atoms with E-state index in [1.165, 1.54) is 0 Å². The summed E-state index contributed by atoms with van der Waals surface area (Å²) in [4.78, 5) is 29.9. The number of rotatable bonds is 8. The van der Waals surface area contributed by atoms with Gasteiger partial charge in [0.2, 0.25) is 0 Å². The van der Waals surface area contributed by atoms with Gasteiger partial charge in [0, 0.05) is 24.6 Å². The number of ether oxygens (including phenoxy) is 2. The highest BCUT2D eigenvalue weighted by atomic mass is 16.5. The van der Waals surface area contributed by atoms with Crippen molar-refractivity contribution in [3.8, 4) is 11.5 Å². The molecule has 29 heavy (non-hydrogen) atoms. The Morgan fingerprint density at radius 1 is 1.14 bits per heavy atom. The number of ketones is 1. The fourth-order valence-electron chi connectivity index (χ4n) is 4.33. The predicted octanol–water partition coefficient (Wildman–Crippen LogP) is 2.47. The second-order valence-corrected chi connectivity index (χ2v) is 7.96. The van der Waals surface area contributed by atoms with E-state index in [0.29, 0.717) is 30.2 Å². The monoisotopic (exact) mass is 400 g/mol. The molecule has 1 saturated heterocycles. The van der Waals surface area contributed by atoms with Gasteiger partial charge in [-0.25, -0.2) is 0 Å². The second-order valence-electron chi connectivity index (χ2n) is 7.96. The molecule has 0 aromatic heterocycles. The van der Waals surface area contributed by atoms with Crippen LogP contribution in [0.25, 0.3) is 0 Å². The maximum absolute atomic E-state index is 13.0. The zero-order valence-corrected chi connectivity index (χ0v) is 17.0. The smallest absolute Gasteiger partial charge is 0.290 e. The lowest BCUT2D eigenvalue weighted by atomic mass is 9.93. The summed E-state index contributed by atoms with van der Waals surface area (Å²) in [6, 6.07) is 4.67. The van der Waals surface area contributed by atoms with Gasteiger partial charge in [0.05, 0.1) is 25.8 Å². The van der Waals surface area contributed by atoms with E-state index in [4.69, 9.17) is 9.47 Å². The van der Waals surface area contributed by atoms with E-state index >= 15 is 0 Å². The van der Waals surface area contributed by atoms with Gasteiger partial charge >= 0.3 is 0 Å². The van der Waals surface area contributed by atoms with Crippen LogP contribution < -0.4 is 9.47 Å². The molecule has 1 N–H and O–H groups in total. The lowest BCUT2D eigenvalue weighted by molar-refractivity contribution is -0.129. The Hall–Kier alpha value is -2.54. The highest BCUT2D eigenvalue weighted by molar-refractivity contribution is 6.10. The number of carbonyl (C=O) groups excluding carboxylic acids is 2. The zero-order chi connectivity index (χ0) is 20.5. The van der Waals surface area contributed by atoms with Crippen LogP contribution in [0.2, 0.25) is 0 Å². The number of aliphatic hydroxyl groups excluding tert-OH is 1. The van der Waals surface area contributed by atoms with Crippen LogP contribution in [0.1, 0.15) is 37.3 Å².